The first-order valence-corrected chi connectivity index (χ1v) is 8.25. The highest BCUT2D eigenvalue weighted by Gasteiger charge is 2.32. The van der Waals surface area contributed by atoms with Gasteiger partial charge in [-0.2, -0.15) is 0 Å². The highest BCUT2D eigenvalue weighted by Crippen LogP contribution is 2.27. The first-order valence-electron chi connectivity index (χ1n) is 8.25. The van der Waals surface area contributed by atoms with Crippen LogP contribution in [-0.2, 0) is 0 Å². The Labute approximate surface area is 137 Å². The Bertz CT molecular complexity index is 817. The number of hydrogen-bond donors (Lipinski definition) is 1. The summed E-state index contributed by atoms with van der Waals surface area (Å²) in [6.07, 6.45) is 3.46. The van der Waals surface area contributed by atoms with Crippen LogP contribution in [0.4, 0.5) is 0 Å². The van der Waals surface area contributed by atoms with Crippen LogP contribution < -0.4 is 4.74 Å². The van der Waals surface area contributed by atoms with Gasteiger partial charge in [0.25, 0.3) is 0 Å². The number of likely N-dealkylation sites (tertiary alicyclic amines) is 1. The van der Waals surface area contributed by atoms with Gasteiger partial charge >= 0.3 is 0 Å². The Morgan fingerprint density at radius 3 is 2.52 bits per heavy atom. The number of rotatable bonds is 3. The summed E-state index contributed by atoms with van der Waals surface area (Å²) in [5, 5.41) is 1.24. The molecular formula is C20H23N2O+. The number of H-pyrrole nitrogens is 1. The van der Waals surface area contributed by atoms with Crippen molar-refractivity contribution in [2.45, 2.75) is 12.5 Å². The number of hydrogen-bond acceptors (Lipinski definition) is 1. The number of fused-ring (bicyclic) bond motifs is 1. The summed E-state index contributed by atoms with van der Waals surface area (Å²) in [6, 6.07) is 17.1. The molecule has 23 heavy (non-hydrogen) atoms. The minimum atomic E-state index is 0.340. The molecule has 0 unspecified atom stereocenters. The van der Waals surface area contributed by atoms with Gasteiger partial charge in [-0.25, -0.2) is 0 Å². The Hall–Kier alpha value is -2.26. The minimum absolute atomic E-state index is 0.340. The van der Waals surface area contributed by atoms with Gasteiger partial charge in [-0.3, -0.25) is 0 Å². The van der Waals surface area contributed by atoms with Gasteiger partial charge in [0.2, 0.25) is 0 Å². The normalized spacial score (nSPS) is 20.0. The summed E-state index contributed by atoms with van der Waals surface area (Å²) in [5.74, 6) is 0.975. The third-order valence-corrected chi connectivity index (χ3v) is 4.80. The summed E-state index contributed by atoms with van der Waals surface area (Å²) in [7, 11) is 4.53. The van der Waals surface area contributed by atoms with E-state index in [1.807, 2.05) is 6.20 Å². The monoisotopic (exact) mass is 307 g/mol. The molecular weight excluding hydrogens is 284 g/mol. The smallest absolute Gasteiger partial charge is 0.153 e. The fourth-order valence-corrected chi connectivity index (χ4v) is 3.47. The van der Waals surface area contributed by atoms with Crippen molar-refractivity contribution in [1.29, 1.82) is 0 Å². The fraction of sp³-hybridized carbons (Fsp3) is 0.300. The Balaban J connectivity index is 1.51. The number of quaternary nitrogens is 1. The predicted molar refractivity (Wildman–Crippen MR) is 94.6 cm³/mol. The van der Waals surface area contributed by atoms with Crippen molar-refractivity contribution < 1.29 is 9.22 Å². The second-order valence-corrected chi connectivity index (χ2v) is 7.17. The average Bonchev–Trinajstić information content (AvgIpc) is 3.13. The Morgan fingerprint density at radius 2 is 1.78 bits per heavy atom. The molecule has 1 N–H and O–H groups in total. The van der Waals surface area contributed by atoms with Crippen molar-refractivity contribution in [2.75, 3.05) is 27.2 Å². The Kier molecular flexibility index (Phi) is 3.38. The average molecular weight is 307 g/mol. The third-order valence-electron chi connectivity index (χ3n) is 4.80. The second-order valence-electron chi connectivity index (χ2n) is 7.17. The topological polar surface area (TPSA) is 25.0 Å². The number of nitrogens with one attached hydrogen (secondary N) is 1. The van der Waals surface area contributed by atoms with Crippen LogP contribution in [0.15, 0.2) is 54.7 Å². The van der Waals surface area contributed by atoms with E-state index in [1.54, 1.807) is 0 Å². The van der Waals surface area contributed by atoms with Crippen LogP contribution in [0.2, 0.25) is 0 Å². The van der Waals surface area contributed by atoms with Gasteiger partial charge in [0.05, 0.1) is 20.6 Å². The van der Waals surface area contributed by atoms with Crippen molar-refractivity contribution in [3.8, 4) is 16.9 Å². The zero-order valence-electron chi connectivity index (χ0n) is 13.8. The van der Waals surface area contributed by atoms with Gasteiger partial charge in [-0.15, -0.1) is 0 Å². The Morgan fingerprint density at radius 1 is 1.00 bits per heavy atom. The van der Waals surface area contributed by atoms with Crippen LogP contribution in [-0.4, -0.2) is 42.8 Å². The van der Waals surface area contributed by atoms with Crippen LogP contribution in [0.25, 0.3) is 22.0 Å². The molecule has 1 fully saturated rings. The second kappa shape index (κ2) is 5.43. The molecule has 0 amide bonds. The molecule has 0 aliphatic carbocycles. The highest BCUT2D eigenvalue weighted by molar-refractivity contribution is 5.85. The largest absolute Gasteiger partial charge is 0.484 e. The first-order chi connectivity index (χ1) is 11.1. The molecule has 4 rings (SSSR count). The molecule has 1 atom stereocenters. The summed E-state index contributed by atoms with van der Waals surface area (Å²) in [6.45, 7) is 2.28. The van der Waals surface area contributed by atoms with Crippen LogP contribution in [0.1, 0.15) is 6.42 Å². The van der Waals surface area contributed by atoms with Gasteiger partial charge in [0, 0.05) is 18.1 Å². The molecule has 2 aromatic carbocycles. The van der Waals surface area contributed by atoms with Gasteiger partial charge in [0.1, 0.15) is 12.3 Å². The molecule has 0 saturated carbocycles. The lowest BCUT2D eigenvalue weighted by molar-refractivity contribution is -0.879. The van der Waals surface area contributed by atoms with Gasteiger partial charge in [-0.05, 0) is 46.8 Å². The summed E-state index contributed by atoms with van der Waals surface area (Å²) in [4.78, 5) is 3.23. The number of ether oxygens (including phenoxy) is 1. The summed E-state index contributed by atoms with van der Waals surface area (Å²) in [5.41, 5.74) is 3.64. The molecule has 3 nitrogen and oxygen atoms in total. The lowest BCUT2D eigenvalue weighted by Crippen LogP contribution is -2.38. The zero-order chi connectivity index (χ0) is 15.9. The lowest BCUT2D eigenvalue weighted by atomic mass is 10.0. The molecule has 1 aliphatic rings. The van der Waals surface area contributed by atoms with E-state index < -0.39 is 0 Å². The molecule has 0 spiro atoms. The van der Waals surface area contributed by atoms with Gasteiger partial charge in [-0.1, -0.05) is 18.2 Å². The number of benzene rings is 2. The van der Waals surface area contributed by atoms with Crippen molar-refractivity contribution in [3.63, 3.8) is 0 Å². The molecule has 3 aromatic rings. The molecule has 118 valence electrons. The fourth-order valence-electron chi connectivity index (χ4n) is 3.47. The maximum atomic E-state index is 6.14. The standard InChI is InChI=1S/C20H23N2O/c1-22(2)12-10-19(14-22)23-18-6-3-15(4-7-18)16-5-8-20-17(13-16)9-11-21-20/h3-9,11,13,19,21H,10,12,14H2,1-2H3/q+1/t19-/m1/s1. The van der Waals surface area contributed by atoms with E-state index in [2.05, 4.69) is 67.6 Å². The predicted octanol–water partition coefficient (Wildman–Crippen LogP) is 4.06. The van der Waals surface area contributed by atoms with E-state index in [1.165, 1.54) is 28.6 Å². The van der Waals surface area contributed by atoms with Crippen molar-refractivity contribution in [1.82, 2.24) is 4.98 Å². The van der Waals surface area contributed by atoms with Crippen molar-refractivity contribution in [2.24, 2.45) is 0 Å². The SMILES string of the molecule is C[N+]1(C)CC[C@@H](Oc2ccc(-c3ccc4[nH]ccc4c3)cc2)C1. The lowest BCUT2D eigenvalue weighted by Gasteiger charge is -2.23. The maximum Gasteiger partial charge on any atom is 0.153 e. The van der Waals surface area contributed by atoms with Gasteiger partial charge in [0.15, 0.2) is 6.10 Å². The van der Waals surface area contributed by atoms with E-state index >= 15 is 0 Å². The first kappa shape index (κ1) is 14.3. The summed E-state index contributed by atoms with van der Waals surface area (Å²) < 4.78 is 7.19. The molecule has 0 bridgehead atoms. The maximum absolute atomic E-state index is 6.14. The number of aromatic amines is 1. The highest BCUT2D eigenvalue weighted by atomic mass is 16.5. The van der Waals surface area contributed by atoms with Crippen LogP contribution in [0.3, 0.4) is 0 Å². The van der Waals surface area contributed by atoms with E-state index in [4.69, 9.17) is 4.74 Å². The van der Waals surface area contributed by atoms with E-state index in [9.17, 15) is 0 Å². The number of aromatic nitrogens is 1. The zero-order valence-corrected chi connectivity index (χ0v) is 13.8. The van der Waals surface area contributed by atoms with E-state index in [0.29, 0.717) is 6.10 Å². The van der Waals surface area contributed by atoms with E-state index in [-0.39, 0.29) is 0 Å². The van der Waals surface area contributed by atoms with Crippen LogP contribution >= 0.6 is 0 Å². The molecule has 1 aromatic heterocycles. The third kappa shape index (κ3) is 2.97. The van der Waals surface area contributed by atoms with Gasteiger partial charge < -0.3 is 14.2 Å². The number of likely N-dealkylation sites (N-methyl/N-ethyl adjacent to an activating group) is 1. The van der Waals surface area contributed by atoms with Crippen LogP contribution in [0.5, 0.6) is 5.75 Å². The molecule has 1 saturated heterocycles. The van der Waals surface area contributed by atoms with E-state index in [0.717, 1.165) is 23.2 Å². The molecule has 0 radical (unpaired) electrons. The molecule has 2 heterocycles. The molecule has 1 aliphatic heterocycles. The van der Waals surface area contributed by atoms with Crippen molar-refractivity contribution >= 4 is 10.9 Å². The quantitative estimate of drug-likeness (QED) is 0.725. The van der Waals surface area contributed by atoms with Crippen molar-refractivity contribution in [3.05, 3.63) is 54.7 Å². The number of nitrogens with zero attached hydrogens (tertiary/aromatic N) is 1. The van der Waals surface area contributed by atoms with Crippen LogP contribution in [0, 0.1) is 0 Å². The summed E-state index contributed by atoms with van der Waals surface area (Å²) >= 11 is 0. The minimum Gasteiger partial charge on any atom is -0.484 e. The molecule has 3 heteroatoms.